The molecule has 1 aromatic heterocycles. The fraction of sp³-hybridized carbons (Fsp3) is 0.0625. The molecule has 168 valence electrons. The fourth-order valence-electron chi connectivity index (χ4n) is 2.49. The number of aromatic nitrogens is 1. The standard InChI is InChI=1S/C16H11ClN4O9S2/c1-10-15(17)16(18-30-10)21(31(26,27)13-6-2-11(3-7-13)19(22)23)32(28,29)14-8-4-12(5-9-14)20(24)25/h2-9H,1H3. The second kappa shape index (κ2) is 8.18. The summed E-state index contributed by atoms with van der Waals surface area (Å²) >= 11 is 6.02. The van der Waals surface area contributed by atoms with Crippen molar-refractivity contribution < 1.29 is 31.2 Å². The van der Waals surface area contributed by atoms with Crippen LogP contribution in [0.3, 0.4) is 0 Å². The predicted octanol–water partition coefficient (Wildman–Crippen LogP) is 3.04. The van der Waals surface area contributed by atoms with E-state index in [-0.39, 0.29) is 9.47 Å². The topological polar surface area (TPSA) is 184 Å². The summed E-state index contributed by atoms with van der Waals surface area (Å²) in [6.45, 7) is 1.31. The fourth-order valence-corrected chi connectivity index (χ4v) is 6.34. The molecule has 0 unspecified atom stereocenters. The molecule has 16 heteroatoms. The number of sulfonamides is 2. The largest absolute Gasteiger partial charge is 0.358 e. The quantitative estimate of drug-likeness (QED) is 0.343. The van der Waals surface area contributed by atoms with Gasteiger partial charge in [-0.2, -0.15) is 16.8 Å². The maximum Gasteiger partial charge on any atom is 0.279 e. The van der Waals surface area contributed by atoms with Gasteiger partial charge in [0.05, 0.1) is 19.6 Å². The van der Waals surface area contributed by atoms with Gasteiger partial charge in [-0.1, -0.05) is 16.8 Å². The van der Waals surface area contributed by atoms with Crippen LogP contribution in [0.4, 0.5) is 17.2 Å². The molecule has 0 aliphatic heterocycles. The third-order valence-electron chi connectivity index (χ3n) is 4.07. The van der Waals surface area contributed by atoms with Gasteiger partial charge in [0.2, 0.25) is 5.82 Å². The van der Waals surface area contributed by atoms with E-state index in [1.165, 1.54) is 6.92 Å². The first-order valence-corrected chi connectivity index (χ1v) is 11.5. The summed E-state index contributed by atoms with van der Waals surface area (Å²) in [4.78, 5) is 18.9. The number of halogens is 1. The average Bonchev–Trinajstić information content (AvgIpc) is 3.06. The molecule has 0 aliphatic carbocycles. The minimum Gasteiger partial charge on any atom is -0.358 e. The van der Waals surface area contributed by atoms with Gasteiger partial charge in [-0.3, -0.25) is 20.2 Å². The van der Waals surface area contributed by atoms with Gasteiger partial charge in [0.25, 0.3) is 31.4 Å². The van der Waals surface area contributed by atoms with Crippen molar-refractivity contribution in [3.8, 4) is 0 Å². The molecule has 32 heavy (non-hydrogen) atoms. The summed E-state index contributed by atoms with van der Waals surface area (Å²) in [7, 11) is -9.91. The first kappa shape index (κ1) is 23.1. The lowest BCUT2D eigenvalue weighted by Gasteiger charge is -2.21. The Morgan fingerprint density at radius 1 is 0.844 bits per heavy atom. The van der Waals surface area contributed by atoms with Crippen LogP contribution in [-0.4, -0.2) is 31.8 Å². The molecule has 13 nitrogen and oxygen atoms in total. The molecule has 0 fully saturated rings. The van der Waals surface area contributed by atoms with E-state index in [2.05, 4.69) is 5.16 Å². The number of hydrogen-bond acceptors (Lipinski definition) is 10. The van der Waals surface area contributed by atoms with Crippen LogP contribution in [0.25, 0.3) is 0 Å². The van der Waals surface area contributed by atoms with E-state index in [4.69, 9.17) is 16.1 Å². The van der Waals surface area contributed by atoms with E-state index in [1.54, 1.807) is 0 Å². The number of aryl methyl sites for hydroxylation is 1. The average molecular weight is 503 g/mol. The van der Waals surface area contributed by atoms with Crippen LogP contribution in [0.15, 0.2) is 62.8 Å². The molecule has 0 atom stereocenters. The van der Waals surface area contributed by atoms with E-state index >= 15 is 0 Å². The van der Waals surface area contributed by atoms with Gasteiger partial charge in [0.1, 0.15) is 5.02 Å². The highest BCUT2D eigenvalue weighted by Crippen LogP contribution is 2.36. The zero-order chi connectivity index (χ0) is 23.8. The highest BCUT2D eigenvalue weighted by molar-refractivity contribution is 8.10. The van der Waals surface area contributed by atoms with Crippen LogP contribution in [-0.2, 0) is 20.0 Å². The third-order valence-corrected chi connectivity index (χ3v) is 8.64. The van der Waals surface area contributed by atoms with Crippen molar-refractivity contribution in [1.82, 2.24) is 5.16 Å². The third kappa shape index (κ3) is 4.00. The molecule has 2 aromatic carbocycles. The molecule has 0 bridgehead atoms. The Labute approximate surface area is 185 Å². The summed E-state index contributed by atoms with van der Waals surface area (Å²) in [5.41, 5.74) is -0.854. The molecule has 1 heterocycles. The van der Waals surface area contributed by atoms with Crippen LogP contribution in [0.5, 0.6) is 0 Å². The van der Waals surface area contributed by atoms with Crippen LogP contribution < -0.4 is 3.71 Å². The highest BCUT2D eigenvalue weighted by Gasteiger charge is 2.41. The lowest BCUT2D eigenvalue weighted by atomic mass is 10.3. The van der Waals surface area contributed by atoms with Gasteiger partial charge in [-0.05, 0) is 31.2 Å². The Morgan fingerprint density at radius 2 is 1.22 bits per heavy atom. The Balaban J connectivity index is 2.23. The molecular formula is C16H11ClN4O9S2. The maximum atomic E-state index is 13.3. The molecule has 0 N–H and O–H groups in total. The molecule has 0 saturated heterocycles. The van der Waals surface area contributed by atoms with E-state index < -0.39 is 61.9 Å². The summed E-state index contributed by atoms with van der Waals surface area (Å²) in [5.74, 6) is -0.856. The Hall–Kier alpha value is -3.56. The minimum absolute atomic E-state index is 0.0792. The van der Waals surface area contributed by atoms with Crippen LogP contribution >= 0.6 is 11.6 Å². The van der Waals surface area contributed by atoms with E-state index in [1.807, 2.05) is 0 Å². The smallest absolute Gasteiger partial charge is 0.279 e. The molecule has 3 aromatic rings. The van der Waals surface area contributed by atoms with Crippen molar-refractivity contribution in [2.24, 2.45) is 0 Å². The lowest BCUT2D eigenvalue weighted by Crippen LogP contribution is -2.37. The van der Waals surface area contributed by atoms with Gasteiger partial charge in [-0.25, -0.2) is 0 Å². The highest BCUT2D eigenvalue weighted by atomic mass is 35.5. The number of anilines is 1. The zero-order valence-corrected chi connectivity index (χ0v) is 18.2. The van der Waals surface area contributed by atoms with Crippen LogP contribution in [0.2, 0.25) is 5.02 Å². The van der Waals surface area contributed by atoms with Crippen molar-refractivity contribution in [2.45, 2.75) is 16.7 Å². The number of nitro benzene ring substituents is 2. The summed E-state index contributed by atoms with van der Waals surface area (Å²) < 4.78 is 57.9. The van der Waals surface area contributed by atoms with Gasteiger partial charge >= 0.3 is 0 Å². The first-order valence-electron chi connectivity index (χ1n) is 8.28. The van der Waals surface area contributed by atoms with E-state index in [0.29, 0.717) is 0 Å². The van der Waals surface area contributed by atoms with Crippen molar-refractivity contribution in [1.29, 1.82) is 0 Å². The van der Waals surface area contributed by atoms with Crippen molar-refractivity contribution in [3.05, 3.63) is 79.5 Å². The molecule has 0 spiro atoms. The van der Waals surface area contributed by atoms with Crippen molar-refractivity contribution >= 4 is 48.8 Å². The number of nitro groups is 2. The normalized spacial score (nSPS) is 11.8. The Morgan fingerprint density at radius 3 is 1.50 bits per heavy atom. The van der Waals surface area contributed by atoms with E-state index in [9.17, 15) is 37.1 Å². The summed E-state index contributed by atoms with van der Waals surface area (Å²) in [5, 5.41) is 24.7. The second-order valence-electron chi connectivity index (χ2n) is 6.09. The maximum absolute atomic E-state index is 13.3. The van der Waals surface area contributed by atoms with Crippen molar-refractivity contribution in [3.63, 3.8) is 0 Å². The van der Waals surface area contributed by atoms with Gasteiger partial charge in [0, 0.05) is 24.3 Å². The Kier molecular flexibility index (Phi) is 5.90. The number of non-ortho nitro benzene ring substituents is 2. The number of benzene rings is 2. The number of hydrogen-bond donors (Lipinski definition) is 0. The summed E-state index contributed by atoms with van der Waals surface area (Å²) in [6, 6.07) is 6.86. The van der Waals surface area contributed by atoms with Crippen LogP contribution in [0, 0.1) is 27.2 Å². The molecule has 0 aliphatic rings. The lowest BCUT2D eigenvalue weighted by molar-refractivity contribution is -0.385. The predicted molar refractivity (Wildman–Crippen MR) is 109 cm³/mol. The van der Waals surface area contributed by atoms with Crippen molar-refractivity contribution in [2.75, 3.05) is 3.71 Å². The minimum atomic E-state index is -4.96. The van der Waals surface area contributed by atoms with Gasteiger partial charge in [0.15, 0.2) is 5.76 Å². The summed E-state index contributed by atoms with van der Waals surface area (Å²) in [6.07, 6.45) is 0. The molecule has 3 rings (SSSR count). The molecule has 0 amide bonds. The first-order chi connectivity index (χ1) is 14.9. The number of nitrogens with zero attached hydrogens (tertiary/aromatic N) is 4. The molecule has 0 saturated carbocycles. The zero-order valence-electron chi connectivity index (χ0n) is 15.8. The van der Waals surface area contributed by atoms with Crippen LogP contribution in [0.1, 0.15) is 5.76 Å². The number of rotatable bonds is 7. The molecule has 0 radical (unpaired) electrons. The second-order valence-corrected chi connectivity index (χ2v) is 10.3. The monoisotopic (exact) mass is 502 g/mol. The van der Waals surface area contributed by atoms with E-state index in [0.717, 1.165) is 48.5 Å². The SMILES string of the molecule is Cc1onc(N(S(=O)(=O)c2ccc([N+](=O)[O-])cc2)S(=O)(=O)c2ccc([N+](=O)[O-])cc2)c1Cl. The molecular weight excluding hydrogens is 492 g/mol. The van der Waals surface area contributed by atoms with Gasteiger partial charge in [-0.15, -0.1) is 3.71 Å². The Bertz CT molecular complexity index is 1330. The van der Waals surface area contributed by atoms with Gasteiger partial charge < -0.3 is 4.52 Å².